The Morgan fingerprint density at radius 1 is 1.38 bits per heavy atom. The molecule has 0 aromatic rings. The van der Waals surface area contributed by atoms with Crippen molar-refractivity contribution in [1.29, 1.82) is 0 Å². The van der Waals surface area contributed by atoms with Crippen LogP contribution in [0.5, 0.6) is 0 Å². The largest absolute Gasteiger partial charge is 0.458 e. The number of hydrogen-bond donors (Lipinski definition) is 1. The molecule has 2 aliphatic carbocycles. The van der Waals surface area contributed by atoms with E-state index in [4.69, 9.17) is 14.7 Å². The first-order valence-corrected chi connectivity index (χ1v) is 7.68. The molecule has 0 amide bonds. The predicted octanol–water partition coefficient (Wildman–Crippen LogP) is 0.685. The molecule has 1 saturated heterocycles. The molecule has 2 bridgehead atoms. The third-order valence-electron chi connectivity index (χ3n) is 4.41. The van der Waals surface area contributed by atoms with E-state index in [2.05, 4.69) is 14.1 Å². The van der Waals surface area contributed by atoms with Crippen LogP contribution in [0, 0.1) is 17.8 Å². The summed E-state index contributed by atoms with van der Waals surface area (Å²) in [5, 5.41) is 6.53. The van der Waals surface area contributed by atoms with E-state index >= 15 is 0 Å². The highest BCUT2D eigenvalue weighted by atomic mass is 32.2. The molecule has 1 aliphatic heterocycles. The third-order valence-corrected chi connectivity index (χ3v) is 4.91. The van der Waals surface area contributed by atoms with Crippen molar-refractivity contribution in [3.05, 3.63) is 0 Å². The molecule has 3 rings (SSSR count). The number of halogens is 2. The highest BCUT2D eigenvalue weighted by molar-refractivity contribution is 7.96. The van der Waals surface area contributed by atoms with Crippen LogP contribution in [0.2, 0.25) is 0 Å². The van der Waals surface area contributed by atoms with Gasteiger partial charge in [0.1, 0.15) is 24.3 Å². The summed E-state index contributed by atoms with van der Waals surface area (Å²) in [4.78, 5) is 34.4. The SMILES string of the molecule is O=C(COC(=O)C(F)(F)SOOO)OC1C2CC3C(=O)OC1C3C2. The van der Waals surface area contributed by atoms with Crippen LogP contribution in [0.25, 0.3) is 0 Å². The quantitative estimate of drug-likeness (QED) is 0.225. The normalized spacial score (nSPS) is 33.5. The third kappa shape index (κ3) is 3.06. The molecule has 0 radical (unpaired) electrons. The van der Waals surface area contributed by atoms with Gasteiger partial charge in [0.2, 0.25) is 0 Å². The lowest BCUT2D eigenvalue weighted by atomic mass is 9.88. The predicted molar refractivity (Wildman–Crippen MR) is 67.8 cm³/mol. The van der Waals surface area contributed by atoms with E-state index in [9.17, 15) is 23.2 Å². The van der Waals surface area contributed by atoms with Gasteiger partial charge in [-0.25, -0.2) is 14.8 Å². The van der Waals surface area contributed by atoms with E-state index in [0.717, 1.165) is 0 Å². The second-order valence-corrected chi connectivity index (χ2v) is 6.49. The maximum absolute atomic E-state index is 13.1. The van der Waals surface area contributed by atoms with Crippen molar-refractivity contribution < 1.29 is 52.0 Å². The monoisotopic (exact) mass is 370 g/mol. The molecular formula is C12H12F2O9S. The number of esters is 3. The van der Waals surface area contributed by atoms with Gasteiger partial charge >= 0.3 is 23.2 Å². The summed E-state index contributed by atoms with van der Waals surface area (Å²) in [6.07, 6.45) is 0.0923. The Hall–Kier alpha value is -1.50. The molecule has 9 nitrogen and oxygen atoms in total. The van der Waals surface area contributed by atoms with Crippen molar-refractivity contribution >= 4 is 30.0 Å². The summed E-state index contributed by atoms with van der Waals surface area (Å²) >= 11 is -0.799. The molecule has 134 valence electrons. The number of ether oxygens (including phenoxy) is 3. The Labute approximate surface area is 137 Å². The Kier molecular flexibility index (Phi) is 4.64. The van der Waals surface area contributed by atoms with Crippen LogP contribution in [0.15, 0.2) is 0 Å². The fourth-order valence-corrected chi connectivity index (χ4v) is 3.79. The molecule has 24 heavy (non-hydrogen) atoms. The number of fused-ring (bicyclic) bond motifs is 1. The van der Waals surface area contributed by atoms with Gasteiger partial charge < -0.3 is 14.2 Å². The molecule has 2 saturated carbocycles. The smallest absolute Gasteiger partial charge is 0.415 e. The zero-order chi connectivity index (χ0) is 17.5. The molecule has 5 unspecified atom stereocenters. The minimum Gasteiger partial charge on any atom is -0.458 e. The van der Waals surface area contributed by atoms with Crippen LogP contribution in [-0.4, -0.2) is 47.2 Å². The topological polar surface area (TPSA) is 118 Å². The Morgan fingerprint density at radius 2 is 2.12 bits per heavy atom. The minimum atomic E-state index is -4.19. The summed E-state index contributed by atoms with van der Waals surface area (Å²) in [5.74, 6) is -3.57. The first-order valence-electron chi connectivity index (χ1n) is 6.94. The van der Waals surface area contributed by atoms with Crippen molar-refractivity contribution in [1.82, 2.24) is 0 Å². The van der Waals surface area contributed by atoms with Gasteiger partial charge in [0.15, 0.2) is 6.61 Å². The lowest BCUT2D eigenvalue weighted by Gasteiger charge is -2.25. The van der Waals surface area contributed by atoms with E-state index in [1.165, 1.54) is 0 Å². The second-order valence-electron chi connectivity index (χ2n) is 5.68. The maximum Gasteiger partial charge on any atom is 0.415 e. The average molecular weight is 370 g/mol. The van der Waals surface area contributed by atoms with Crippen LogP contribution in [0.3, 0.4) is 0 Å². The molecule has 5 atom stereocenters. The van der Waals surface area contributed by atoms with Crippen molar-refractivity contribution in [2.24, 2.45) is 17.8 Å². The minimum absolute atomic E-state index is 0.0132. The van der Waals surface area contributed by atoms with Gasteiger partial charge in [-0.1, -0.05) is 5.04 Å². The fraction of sp³-hybridized carbons (Fsp3) is 0.750. The summed E-state index contributed by atoms with van der Waals surface area (Å²) in [7, 11) is 0. The highest BCUT2D eigenvalue weighted by Crippen LogP contribution is 2.55. The second kappa shape index (κ2) is 6.43. The van der Waals surface area contributed by atoms with Crippen molar-refractivity contribution in [2.45, 2.75) is 30.3 Å². The van der Waals surface area contributed by atoms with Gasteiger partial charge in [0.25, 0.3) is 0 Å². The zero-order valence-corrected chi connectivity index (χ0v) is 12.7. The fourth-order valence-electron chi connectivity index (χ4n) is 3.55. The molecule has 0 spiro atoms. The number of carbonyl (C=O) groups is 3. The van der Waals surface area contributed by atoms with E-state index in [-0.39, 0.29) is 23.7 Å². The summed E-state index contributed by atoms with van der Waals surface area (Å²) in [6.45, 7) is -1.03. The van der Waals surface area contributed by atoms with Gasteiger partial charge in [-0.15, -0.1) is 4.33 Å². The standard InChI is InChI=1S/C12H12F2O9S/c13-12(14,24-23-22-18)11(17)19-3-7(15)20-8-4-1-5-6(2-4)10(16)21-9(5)8/h4-6,8-9,18H,1-3H2. The van der Waals surface area contributed by atoms with Gasteiger partial charge in [0.05, 0.1) is 5.92 Å². The first-order chi connectivity index (χ1) is 11.3. The molecule has 12 heteroatoms. The van der Waals surface area contributed by atoms with Crippen LogP contribution < -0.4 is 0 Å². The molecular weight excluding hydrogens is 358 g/mol. The summed E-state index contributed by atoms with van der Waals surface area (Å²) in [5.41, 5.74) is 0. The Morgan fingerprint density at radius 3 is 2.83 bits per heavy atom. The highest BCUT2D eigenvalue weighted by Gasteiger charge is 2.63. The number of carbonyl (C=O) groups excluding carboxylic acids is 3. The van der Waals surface area contributed by atoms with E-state index < -0.39 is 48.1 Å². The molecule has 3 fully saturated rings. The van der Waals surface area contributed by atoms with E-state index in [1.54, 1.807) is 0 Å². The van der Waals surface area contributed by atoms with Gasteiger partial charge in [-0.3, -0.25) is 4.79 Å². The molecule has 0 aromatic heterocycles. The lowest BCUT2D eigenvalue weighted by Crippen LogP contribution is -2.37. The van der Waals surface area contributed by atoms with Crippen molar-refractivity contribution in [3.8, 4) is 0 Å². The molecule has 1 N–H and O–H groups in total. The lowest BCUT2D eigenvalue weighted by molar-refractivity contribution is -0.433. The molecule has 0 aromatic carbocycles. The average Bonchev–Trinajstić information content (AvgIpc) is 3.15. The summed E-state index contributed by atoms with van der Waals surface area (Å²) in [6, 6.07) is 0. The van der Waals surface area contributed by atoms with Crippen LogP contribution in [-0.2, 0) is 38.0 Å². The number of rotatable bonds is 7. The van der Waals surface area contributed by atoms with Gasteiger partial charge in [-0.05, 0) is 12.8 Å². The van der Waals surface area contributed by atoms with Crippen LogP contribution in [0.1, 0.15) is 12.8 Å². The van der Waals surface area contributed by atoms with Gasteiger partial charge in [-0.2, -0.15) is 8.78 Å². The summed E-state index contributed by atoms with van der Waals surface area (Å²) < 4.78 is 44.1. The first kappa shape index (κ1) is 17.3. The Balaban J connectivity index is 1.47. The molecule has 1 heterocycles. The maximum atomic E-state index is 13.1. The van der Waals surface area contributed by atoms with Crippen LogP contribution in [0.4, 0.5) is 8.78 Å². The molecule has 3 aliphatic rings. The van der Waals surface area contributed by atoms with E-state index in [0.29, 0.717) is 12.8 Å². The number of alkyl halides is 2. The van der Waals surface area contributed by atoms with Gasteiger partial charge in [0, 0.05) is 11.8 Å². The van der Waals surface area contributed by atoms with E-state index in [1.807, 2.05) is 0 Å². The van der Waals surface area contributed by atoms with Crippen molar-refractivity contribution in [2.75, 3.05) is 6.61 Å². The zero-order valence-electron chi connectivity index (χ0n) is 11.9. The number of hydrogen-bond acceptors (Lipinski definition) is 10. The van der Waals surface area contributed by atoms with Crippen molar-refractivity contribution in [3.63, 3.8) is 0 Å². The van der Waals surface area contributed by atoms with Crippen LogP contribution >= 0.6 is 12.0 Å². The Bertz CT molecular complexity index is 557.